The summed E-state index contributed by atoms with van der Waals surface area (Å²) in [4.78, 5) is 26.0. The van der Waals surface area contributed by atoms with Gasteiger partial charge in [0, 0.05) is 17.5 Å². The van der Waals surface area contributed by atoms with Crippen LogP contribution in [-0.2, 0) is 11.2 Å². The molecule has 2 aromatic rings. The molecule has 6 heteroatoms. The van der Waals surface area contributed by atoms with Crippen molar-refractivity contribution in [2.75, 3.05) is 11.4 Å². The third kappa shape index (κ3) is 2.31. The van der Waals surface area contributed by atoms with E-state index >= 15 is 0 Å². The number of hydrogen-bond donors (Lipinski definition) is 0. The van der Waals surface area contributed by atoms with Crippen molar-refractivity contribution in [2.45, 2.75) is 19.3 Å². The second-order valence-corrected chi connectivity index (χ2v) is 5.99. The SMILES string of the molecule is CC(C(=O)N1CCc2c1cccc2[N+](=O)[O-])c1cccs1. The van der Waals surface area contributed by atoms with E-state index in [9.17, 15) is 14.9 Å². The van der Waals surface area contributed by atoms with Crippen molar-refractivity contribution in [1.29, 1.82) is 0 Å². The molecule has 0 N–H and O–H groups in total. The molecule has 0 spiro atoms. The summed E-state index contributed by atoms with van der Waals surface area (Å²) in [6, 6.07) is 8.78. The van der Waals surface area contributed by atoms with Crippen molar-refractivity contribution in [3.8, 4) is 0 Å². The highest BCUT2D eigenvalue weighted by molar-refractivity contribution is 7.10. The lowest BCUT2D eigenvalue weighted by molar-refractivity contribution is -0.385. The average Bonchev–Trinajstić information content (AvgIpc) is 3.14. The summed E-state index contributed by atoms with van der Waals surface area (Å²) >= 11 is 1.55. The number of nitro benzene ring substituents is 1. The lowest BCUT2D eigenvalue weighted by Crippen LogP contribution is -2.32. The molecule has 2 heterocycles. The average molecular weight is 302 g/mol. The van der Waals surface area contributed by atoms with Crippen LogP contribution in [0.1, 0.15) is 23.3 Å². The van der Waals surface area contributed by atoms with Crippen LogP contribution in [0.25, 0.3) is 0 Å². The van der Waals surface area contributed by atoms with E-state index in [2.05, 4.69) is 0 Å². The largest absolute Gasteiger partial charge is 0.311 e. The second kappa shape index (κ2) is 5.29. The summed E-state index contributed by atoms with van der Waals surface area (Å²) in [5.41, 5.74) is 1.44. The quantitative estimate of drug-likeness (QED) is 0.645. The van der Waals surface area contributed by atoms with Gasteiger partial charge in [0.15, 0.2) is 0 Å². The Morgan fingerprint density at radius 1 is 1.38 bits per heavy atom. The van der Waals surface area contributed by atoms with Gasteiger partial charge in [-0.2, -0.15) is 0 Å². The van der Waals surface area contributed by atoms with Gasteiger partial charge in [-0.3, -0.25) is 14.9 Å². The van der Waals surface area contributed by atoms with Gasteiger partial charge in [-0.15, -0.1) is 11.3 Å². The highest BCUT2D eigenvalue weighted by atomic mass is 32.1. The molecule has 108 valence electrons. The summed E-state index contributed by atoms with van der Waals surface area (Å²) in [6.45, 7) is 2.39. The standard InChI is InChI=1S/C15H14N2O3S/c1-10(14-6-3-9-21-14)15(18)16-8-7-11-12(16)4-2-5-13(11)17(19)20/h2-6,9-10H,7-8H2,1H3. The van der Waals surface area contributed by atoms with Crippen molar-refractivity contribution in [1.82, 2.24) is 0 Å². The van der Waals surface area contributed by atoms with Crippen LogP contribution in [0, 0.1) is 10.1 Å². The molecule has 21 heavy (non-hydrogen) atoms. The number of carbonyl (C=O) groups excluding carboxylic acids is 1. The van der Waals surface area contributed by atoms with E-state index in [0.717, 1.165) is 4.88 Å². The Morgan fingerprint density at radius 3 is 2.86 bits per heavy atom. The predicted octanol–water partition coefficient (Wildman–Crippen LogP) is 3.35. The van der Waals surface area contributed by atoms with Crippen LogP contribution >= 0.6 is 11.3 Å². The zero-order valence-electron chi connectivity index (χ0n) is 11.5. The monoisotopic (exact) mass is 302 g/mol. The van der Waals surface area contributed by atoms with Gasteiger partial charge in [0.05, 0.1) is 22.1 Å². The van der Waals surface area contributed by atoms with E-state index in [4.69, 9.17) is 0 Å². The van der Waals surface area contributed by atoms with Gasteiger partial charge < -0.3 is 4.90 Å². The molecule has 0 saturated heterocycles. The molecule has 0 aliphatic carbocycles. The Bertz CT molecular complexity index is 697. The number of rotatable bonds is 3. The van der Waals surface area contributed by atoms with E-state index in [1.54, 1.807) is 28.4 Å². The first-order valence-corrected chi connectivity index (χ1v) is 7.58. The fraction of sp³-hybridized carbons (Fsp3) is 0.267. The summed E-state index contributed by atoms with van der Waals surface area (Å²) in [6.07, 6.45) is 0.537. The number of thiophene rings is 1. The number of fused-ring (bicyclic) bond motifs is 1. The van der Waals surface area contributed by atoms with E-state index in [1.807, 2.05) is 24.4 Å². The minimum absolute atomic E-state index is 0.00306. The number of anilines is 1. The zero-order chi connectivity index (χ0) is 15.0. The minimum atomic E-state index is -0.379. The van der Waals surface area contributed by atoms with Crippen LogP contribution in [0.15, 0.2) is 35.7 Å². The van der Waals surface area contributed by atoms with Gasteiger partial charge in [-0.1, -0.05) is 12.1 Å². The van der Waals surface area contributed by atoms with Crippen LogP contribution in [0.4, 0.5) is 11.4 Å². The van der Waals surface area contributed by atoms with Crippen molar-refractivity contribution in [3.05, 3.63) is 56.3 Å². The summed E-state index contributed by atoms with van der Waals surface area (Å²) in [7, 11) is 0. The molecule has 0 radical (unpaired) electrons. The van der Waals surface area contributed by atoms with Crippen LogP contribution < -0.4 is 4.90 Å². The van der Waals surface area contributed by atoms with E-state index in [1.165, 1.54) is 6.07 Å². The van der Waals surface area contributed by atoms with Crippen molar-refractivity contribution < 1.29 is 9.72 Å². The molecular weight excluding hydrogens is 288 g/mol. The number of nitrogens with zero attached hydrogens (tertiary/aromatic N) is 2. The Balaban J connectivity index is 1.93. The maximum absolute atomic E-state index is 12.7. The third-order valence-electron chi connectivity index (χ3n) is 3.81. The molecule has 1 aromatic carbocycles. The van der Waals surface area contributed by atoms with Crippen molar-refractivity contribution in [2.24, 2.45) is 0 Å². The van der Waals surface area contributed by atoms with Gasteiger partial charge in [0.1, 0.15) is 0 Å². The maximum Gasteiger partial charge on any atom is 0.274 e. The van der Waals surface area contributed by atoms with Crippen molar-refractivity contribution in [3.63, 3.8) is 0 Å². The third-order valence-corrected chi connectivity index (χ3v) is 4.86. The first-order valence-electron chi connectivity index (χ1n) is 6.70. The molecule has 1 aliphatic rings. The molecular formula is C15H14N2O3S. The Kier molecular flexibility index (Phi) is 3.47. The molecule has 3 rings (SSSR count). The topological polar surface area (TPSA) is 63.5 Å². The first-order chi connectivity index (χ1) is 10.1. The smallest absolute Gasteiger partial charge is 0.274 e. The van der Waals surface area contributed by atoms with Crippen LogP contribution in [0.5, 0.6) is 0 Å². The van der Waals surface area contributed by atoms with E-state index in [0.29, 0.717) is 24.2 Å². The van der Waals surface area contributed by atoms with Gasteiger partial charge in [-0.05, 0) is 30.9 Å². The molecule has 5 nitrogen and oxygen atoms in total. The first kappa shape index (κ1) is 13.8. The number of hydrogen-bond acceptors (Lipinski definition) is 4. The Hall–Kier alpha value is -2.21. The van der Waals surface area contributed by atoms with Crippen LogP contribution in [0.3, 0.4) is 0 Å². The number of carbonyl (C=O) groups is 1. The molecule has 0 saturated carbocycles. The normalized spacial score (nSPS) is 14.8. The van der Waals surface area contributed by atoms with E-state index in [-0.39, 0.29) is 22.4 Å². The minimum Gasteiger partial charge on any atom is -0.311 e. The molecule has 1 unspecified atom stereocenters. The van der Waals surface area contributed by atoms with Crippen LogP contribution in [-0.4, -0.2) is 17.4 Å². The molecule has 1 amide bonds. The number of benzene rings is 1. The number of nitro groups is 1. The van der Waals surface area contributed by atoms with Gasteiger partial charge in [-0.25, -0.2) is 0 Å². The lowest BCUT2D eigenvalue weighted by Gasteiger charge is -2.21. The summed E-state index contributed by atoms with van der Waals surface area (Å²) < 4.78 is 0. The zero-order valence-corrected chi connectivity index (χ0v) is 12.3. The summed E-state index contributed by atoms with van der Waals surface area (Å²) in [5.74, 6) is -0.230. The molecule has 1 atom stereocenters. The maximum atomic E-state index is 12.7. The van der Waals surface area contributed by atoms with Gasteiger partial charge in [0.25, 0.3) is 5.69 Å². The fourth-order valence-corrected chi connectivity index (χ4v) is 3.49. The number of amides is 1. The van der Waals surface area contributed by atoms with Gasteiger partial charge >= 0.3 is 0 Å². The highest BCUT2D eigenvalue weighted by Crippen LogP contribution is 2.36. The molecule has 1 aliphatic heterocycles. The predicted molar refractivity (Wildman–Crippen MR) is 81.9 cm³/mol. The van der Waals surface area contributed by atoms with Gasteiger partial charge in [0.2, 0.25) is 5.91 Å². The Morgan fingerprint density at radius 2 is 2.19 bits per heavy atom. The highest BCUT2D eigenvalue weighted by Gasteiger charge is 2.32. The Labute approximate surface area is 126 Å². The molecule has 0 fully saturated rings. The summed E-state index contributed by atoms with van der Waals surface area (Å²) in [5, 5.41) is 13.0. The van der Waals surface area contributed by atoms with Crippen molar-refractivity contribution >= 4 is 28.6 Å². The van der Waals surface area contributed by atoms with Crippen LogP contribution in [0.2, 0.25) is 0 Å². The fourth-order valence-electron chi connectivity index (χ4n) is 2.71. The lowest BCUT2D eigenvalue weighted by atomic mass is 10.1. The molecule has 0 bridgehead atoms. The van der Waals surface area contributed by atoms with E-state index < -0.39 is 0 Å². The molecule has 1 aromatic heterocycles. The second-order valence-electron chi connectivity index (χ2n) is 5.01.